The molecule has 0 spiro atoms. The number of hydrogen-bond acceptors (Lipinski definition) is 3. The Kier molecular flexibility index (Phi) is 2.91. The molecular weight excluding hydrogens is 242 g/mol. The van der Waals surface area contributed by atoms with Crippen LogP contribution in [0.25, 0.3) is 0 Å². The summed E-state index contributed by atoms with van der Waals surface area (Å²) < 4.78 is 5.34. The van der Waals surface area contributed by atoms with E-state index in [2.05, 4.69) is 0 Å². The van der Waals surface area contributed by atoms with Crippen molar-refractivity contribution in [3.05, 3.63) is 53.5 Å². The van der Waals surface area contributed by atoms with E-state index in [1.807, 2.05) is 24.3 Å². The summed E-state index contributed by atoms with van der Waals surface area (Å²) >= 11 is 0. The summed E-state index contributed by atoms with van der Waals surface area (Å²) in [7, 11) is 0. The molecule has 0 fully saturated rings. The molecule has 4 heteroatoms. The molecule has 0 atom stereocenters. The van der Waals surface area contributed by atoms with Crippen LogP contribution in [0.3, 0.4) is 0 Å². The van der Waals surface area contributed by atoms with Crippen LogP contribution in [0.4, 0.5) is 5.69 Å². The van der Waals surface area contributed by atoms with Crippen molar-refractivity contribution in [3.63, 3.8) is 0 Å². The molecule has 4 nitrogen and oxygen atoms in total. The smallest absolute Gasteiger partial charge is 0.227 e. The zero-order valence-electron chi connectivity index (χ0n) is 10.3. The predicted molar refractivity (Wildman–Crippen MR) is 70.0 cm³/mol. The highest BCUT2D eigenvalue weighted by atomic mass is 16.3. The first-order valence-corrected chi connectivity index (χ1v) is 6.20. The van der Waals surface area contributed by atoms with Crippen LogP contribution in [-0.2, 0) is 17.8 Å². The van der Waals surface area contributed by atoms with Crippen molar-refractivity contribution < 1.29 is 14.0 Å². The highest BCUT2D eigenvalue weighted by Crippen LogP contribution is 2.29. The average Bonchev–Trinajstić information content (AvgIpc) is 2.90. The summed E-state index contributed by atoms with van der Waals surface area (Å²) in [5.74, 6) is 0.989. The van der Waals surface area contributed by atoms with Gasteiger partial charge in [-0.2, -0.15) is 0 Å². The molecule has 0 bridgehead atoms. The lowest BCUT2D eigenvalue weighted by atomic mass is 10.0. The molecular formula is C15H13NO3. The summed E-state index contributed by atoms with van der Waals surface area (Å²) in [5.41, 5.74) is 2.10. The molecule has 1 aromatic heterocycles. The largest absolute Gasteiger partial charge is 0.456 e. The van der Waals surface area contributed by atoms with Crippen LogP contribution in [0.15, 0.2) is 40.8 Å². The number of hydrogen-bond donors (Lipinski definition) is 0. The highest BCUT2D eigenvalue weighted by Gasteiger charge is 2.24. The number of aryl methyl sites for hydroxylation is 1. The van der Waals surface area contributed by atoms with Gasteiger partial charge in [-0.05, 0) is 30.2 Å². The molecule has 0 radical (unpaired) electrons. The van der Waals surface area contributed by atoms with E-state index in [-0.39, 0.29) is 11.7 Å². The van der Waals surface area contributed by atoms with Gasteiger partial charge < -0.3 is 9.32 Å². The van der Waals surface area contributed by atoms with Crippen molar-refractivity contribution in [2.24, 2.45) is 0 Å². The third-order valence-electron chi connectivity index (χ3n) is 3.30. The van der Waals surface area contributed by atoms with Crippen LogP contribution in [0.1, 0.15) is 28.3 Å². The molecule has 1 amide bonds. The number of fused-ring (bicyclic) bond motifs is 1. The fourth-order valence-electron chi connectivity index (χ4n) is 2.37. The van der Waals surface area contributed by atoms with E-state index in [0.29, 0.717) is 25.0 Å². The first-order chi connectivity index (χ1) is 9.28. The fourth-order valence-corrected chi connectivity index (χ4v) is 2.37. The van der Waals surface area contributed by atoms with Crippen LogP contribution in [0.5, 0.6) is 0 Å². The van der Waals surface area contributed by atoms with Crippen molar-refractivity contribution in [2.45, 2.75) is 19.4 Å². The zero-order chi connectivity index (χ0) is 13.2. The first-order valence-electron chi connectivity index (χ1n) is 6.20. The Hall–Kier alpha value is -2.36. The van der Waals surface area contributed by atoms with E-state index < -0.39 is 0 Å². The van der Waals surface area contributed by atoms with Gasteiger partial charge in [0.2, 0.25) is 5.91 Å². The Morgan fingerprint density at radius 1 is 1.16 bits per heavy atom. The molecule has 3 rings (SSSR count). The maximum Gasteiger partial charge on any atom is 0.227 e. The lowest BCUT2D eigenvalue weighted by Crippen LogP contribution is -2.34. The molecule has 19 heavy (non-hydrogen) atoms. The molecule has 0 N–H and O–H groups in total. The number of rotatable bonds is 3. The quantitative estimate of drug-likeness (QED) is 0.792. The number of benzene rings is 1. The minimum atomic E-state index is 0.0859. The minimum absolute atomic E-state index is 0.0859. The van der Waals surface area contributed by atoms with E-state index in [9.17, 15) is 9.59 Å². The molecule has 0 unspecified atom stereocenters. The summed E-state index contributed by atoms with van der Waals surface area (Å²) in [6, 6.07) is 11.2. The molecule has 2 heterocycles. The van der Waals surface area contributed by atoms with Crippen molar-refractivity contribution in [1.29, 1.82) is 0 Å². The fraction of sp³-hybridized carbons (Fsp3) is 0.200. The summed E-state index contributed by atoms with van der Waals surface area (Å²) in [6.45, 7) is 0.365. The highest BCUT2D eigenvalue weighted by molar-refractivity contribution is 5.96. The monoisotopic (exact) mass is 255 g/mol. The molecule has 0 saturated heterocycles. The van der Waals surface area contributed by atoms with Gasteiger partial charge in [-0.3, -0.25) is 9.59 Å². The number of carbonyl (C=O) groups is 2. The van der Waals surface area contributed by atoms with Crippen molar-refractivity contribution in [2.75, 3.05) is 4.90 Å². The van der Waals surface area contributed by atoms with Crippen LogP contribution in [0.2, 0.25) is 0 Å². The summed E-state index contributed by atoms with van der Waals surface area (Å²) in [5, 5.41) is 0. The van der Waals surface area contributed by atoms with Gasteiger partial charge >= 0.3 is 0 Å². The topological polar surface area (TPSA) is 50.5 Å². The Bertz CT molecular complexity index is 630. The van der Waals surface area contributed by atoms with Gasteiger partial charge in [0, 0.05) is 12.1 Å². The first kappa shape index (κ1) is 11.7. The average molecular weight is 255 g/mol. The summed E-state index contributed by atoms with van der Waals surface area (Å²) in [4.78, 5) is 24.4. The Balaban J connectivity index is 1.91. The molecule has 1 aromatic carbocycles. The van der Waals surface area contributed by atoms with E-state index >= 15 is 0 Å². The third-order valence-corrected chi connectivity index (χ3v) is 3.30. The Morgan fingerprint density at radius 3 is 2.79 bits per heavy atom. The number of para-hydroxylation sites is 1. The SMILES string of the molecule is O=Cc1ccc(CN2C(=O)CCc3ccccc32)o1. The molecule has 2 aromatic rings. The van der Waals surface area contributed by atoms with E-state index in [1.165, 1.54) is 5.56 Å². The maximum absolute atomic E-state index is 12.1. The van der Waals surface area contributed by atoms with Crippen LogP contribution in [0, 0.1) is 0 Å². The molecule has 0 aliphatic carbocycles. The maximum atomic E-state index is 12.1. The molecule has 96 valence electrons. The van der Waals surface area contributed by atoms with Crippen molar-refractivity contribution in [1.82, 2.24) is 0 Å². The van der Waals surface area contributed by atoms with Gasteiger partial charge in [-0.25, -0.2) is 0 Å². The number of aldehydes is 1. The number of nitrogens with zero attached hydrogens (tertiary/aromatic N) is 1. The minimum Gasteiger partial charge on any atom is -0.456 e. The summed E-state index contributed by atoms with van der Waals surface area (Å²) in [6.07, 6.45) is 1.96. The van der Waals surface area contributed by atoms with Gasteiger partial charge in [-0.15, -0.1) is 0 Å². The normalized spacial score (nSPS) is 14.3. The standard InChI is InChI=1S/C15H13NO3/c17-10-13-7-6-12(19-13)9-16-14-4-2-1-3-11(14)5-8-15(16)18/h1-4,6-7,10H,5,8-9H2. The van der Waals surface area contributed by atoms with Crippen molar-refractivity contribution >= 4 is 17.9 Å². The van der Waals surface area contributed by atoms with Gasteiger partial charge in [0.1, 0.15) is 5.76 Å². The second-order valence-electron chi connectivity index (χ2n) is 4.53. The second-order valence-corrected chi connectivity index (χ2v) is 4.53. The van der Waals surface area contributed by atoms with Gasteiger partial charge in [0.25, 0.3) is 0 Å². The van der Waals surface area contributed by atoms with E-state index in [1.54, 1.807) is 17.0 Å². The van der Waals surface area contributed by atoms with Crippen LogP contribution in [-0.4, -0.2) is 12.2 Å². The Morgan fingerprint density at radius 2 is 2.00 bits per heavy atom. The third kappa shape index (κ3) is 2.17. The Labute approximate surface area is 110 Å². The van der Waals surface area contributed by atoms with E-state index in [0.717, 1.165) is 12.1 Å². The number of carbonyl (C=O) groups excluding carboxylic acids is 2. The number of furan rings is 1. The van der Waals surface area contributed by atoms with Crippen LogP contribution < -0.4 is 4.90 Å². The van der Waals surface area contributed by atoms with Crippen LogP contribution >= 0.6 is 0 Å². The number of anilines is 1. The lowest BCUT2D eigenvalue weighted by Gasteiger charge is -2.28. The number of amides is 1. The predicted octanol–water partition coefficient (Wildman–Crippen LogP) is 2.57. The molecule has 0 saturated carbocycles. The van der Waals surface area contributed by atoms with Gasteiger partial charge in [0.15, 0.2) is 12.0 Å². The second kappa shape index (κ2) is 4.72. The van der Waals surface area contributed by atoms with E-state index in [4.69, 9.17) is 4.42 Å². The molecule has 1 aliphatic heterocycles. The zero-order valence-corrected chi connectivity index (χ0v) is 10.3. The van der Waals surface area contributed by atoms with Gasteiger partial charge in [0.05, 0.1) is 6.54 Å². The molecule has 1 aliphatic rings. The van der Waals surface area contributed by atoms with Gasteiger partial charge in [-0.1, -0.05) is 18.2 Å². The van der Waals surface area contributed by atoms with Crippen molar-refractivity contribution in [3.8, 4) is 0 Å². The lowest BCUT2D eigenvalue weighted by molar-refractivity contribution is -0.119.